The minimum absolute atomic E-state index is 0.121. The number of likely N-dealkylation sites (N-methyl/N-ethyl adjacent to an activating group) is 1. The number of hydrogen-bond acceptors (Lipinski definition) is 4. The van der Waals surface area contributed by atoms with Crippen LogP contribution in [0.3, 0.4) is 0 Å². The van der Waals surface area contributed by atoms with Crippen LogP contribution in [0.1, 0.15) is 5.56 Å². The molecule has 6 heteroatoms. The lowest BCUT2D eigenvalue weighted by Crippen LogP contribution is -2.45. The number of amides is 1. The van der Waals surface area contributed by atoms with Gasteiger partial charge in [-0.2, -0.15) is 0 Å². The van der Waals surface area contributed by atoms with E-state index in [1.54, 1.807) is 13.1 Å². The fraction of sp³-hybridized carbons (Fsp3) is 0.467. The molecule has 1 aliphatic rings. The number of carbonyl (C=O) groups is 2. The van der Waals surface area contributed by atoms with Crippen LogP contribution < -0.4 is 4.74 Å². The van der Waals surface area contributed by atoms with E-state index < -0.39 is 17.9 Å². The van der Waals surface area contributed by atoms with Crippen molar-refractivity contribution in [3.8, 4) is 5.75 Å². The van der Waals surface area contributed by atoms with Crippen LogP contribution in [0.4, 0.5) is 0 Å². The Kier molecular flexibility index (Phi) is 4.80. The van der Waals surface area contributed by atoms with Crippen LogP contribution in [0.2, 0.25) is 0 Å². The summed E-state index contributed by atoms with van der Waals surface area (Å²) in [4.78, 5) is 24.7. The molecule has 1 heterocycles. The van der Waals surface area contributed by atoms with Crippen LogP contribution in [0.15, 0.2) is 24.3 Å². The predicted molar refractivity (Wildman–Crippen MR) is 75.2 cm³/mol. The topological polar surface area (TPSA) is 76.1 Å². The summed E-state index contributed by atoms with van der Waals surface area (Å²) in [5.41, 5.74) is 0.945. The maximum absolute atomic E-state index is 12.1. The van der Waals surface area contributed by atoms with Gasteiger partial charge in [-0.05, 0) is 18.6 Å². The smallest absolute Gasteiger partial charge is 0.311 e. The molecule has 1 saturated heterocycles. The first-order valence-electron chi connectivity index (χ1n) is 6.75. The molecule has 0 aromatic heterocycles. The van der Waals surface area contributed by atoms with Gasteiger partial charge in [0.25, 0.3) is 5.91 Å². The SMILES string of the molecule is Cc1ccccc1OCC(=O)N(C)C1COCC1C(=O)O. The molecule has 1 amide bonds. The number of hydrogen-bond donors (Lipinski definition) is 1. The van der Waals surface area contributed by atoms with E-state index in [1.165, 1.54) is 4.90 Å². The van der Waals surface area contributed by atoms with E-state index in [4.69, 9.17) is 14.6 Å². The number of ether oxygens (including phenoxy) is 2. The maximum atomic E-state index is 12.1. The fourth-order valence-corrected chi connectivity index (χ4v) is 2.31. The van der Waals surface area contributed by atoms with Crippen molar-refractivity contribution in [2.45, 2.75) is 13.0 Å². The maximum Gasteiger partial charge on any atom is 0.311 e. The van der Waals surface area contributed by atoms with Crippen LogP contribution in [-0.2, 0) is 14.3 Å². The molecule has 1 N–H and O–H groups in total. The van der Waals surface area contributed by atoms with Crippen molar-refractivity contribution in [2.75, 3.05) is 26.9 Å². The Hall–Kier alpha value is -2.08. The minimum atomic E-state index is -0.947. The molecular formula is C15H19NO5. The Morgan fingerprint density at radius 3 is 2.76 bits per heavy atom. The standard InChI is InChI=1S/C15H19NO5/c1-10-5-3-4-6-13(10)21-9-14(17)16(2)12-8-20-7-11(12)15(18)19/h3-6,11-12H,7-9H2,1-2H3,(H,18,19). The number of nitrogens with zero attached hydrogens (tertiary/aromatic N) is 1. The fourth-order valence-electron chi connectivity index (χ4n) is 2.31. The van der Waals surface area contributed by atoms with Gasteiger partial charge in [0.15, 0.2) is 6.61 Å². The van der Waals surface area contributed by atoms with Crippen molar-refractivity contribution in [2.24, 2.45) is 5.92 Å². The highest BCUT2D eigenvalue weighted by Crippen LogP contribution is 2.20. The highest BCUT2D eigenvalue weighted by molar-refractivity contribution is 5.79. The number of para-hydroxylation sites is 1. The summed E-state index contributed by atoms with van der Waals surface area (Å²) in [7, 11) is 1.58. The summed E-state index contributed by atoms with van der Waals surface area (Å²) in [5.74, 6) is -1.24. The molecular weight excluding hydrogens is 274 g/mol. The van der Waals surface area contributed by atoms with E-state index >= 15 is 0 Å². The Morgan fingerprint density at radius 2 is 2.10 bits per heavy atom. The second kappa shape index (κ2) is 6.58. The van der Waals surface area contributed by atoms with Gasteiger partial charge in [-0.3, -0.25) is 9.59 Å². The molecule has 2 rings (SSSR count). The lowest BCUT2D eigenvalue weighted by molar-refractivity contribution is -0.144. The highest BCUT2D eigenvalue weighted by atomic mass is 16.5. The summed E-state index contributed by atoms with van der Waals surface area (Å²) in [5, 5.41) is 9.11. The summed E-state index contributed by atoms with van der Waals surface area (Å²) < 4.78 is 10.7. The van der Waals surface area contributed by atoms with Crippen LogP contribution in [0.5, 0.6) is 5.75 Å². The molecule has 1 aromatic rings. The molecule has 1 fully saturated rings. The first-order valence-corrected chi connectivity index (χ1v) is 6.75. The monoisotopic (exact) mass is 293 g/mol. The number of aryl methyl sites for hydroxylation is 1. The first-order chi connectivity index (χ1) is 10.0. The second-order valence-electron chi connectivity index (χ2n) is 5.11. The number of carboxylic acid groups (broad SMARTS) is 1. The van der Waals surface area contributed by atoms with E-state index in [0.29, 0.717) is 5.75 Å². The summed E-state index contributed by atoms with van der Waals surface area (Å²) in [6.45, 7) is 2.15. The van der Waals surface area contributed by atoms with Crippen molar-refractivity contribution in [3.63, 3.8) is 0 Å². The van der Waals surface area contributed by atoms with Gasteiger partial charge in [0.05, 0.1) is 19.3 Å². The van der Waals surface area contributed by atoms with E-state index in [-0.39, 0.29) is 25.7 Å². The van der Waals surface area contributed by atoms with Crippen molar-refractivity contribution in [1.29, 1.82) is 0 Å². The molecule has 1 aromatic carbocycles. The van der Waals surface area contributed by atoms with Gasteiger partial charge in [-0.1, -0.05) is 18.2 Å². The van der Waals surface area contributed by atoms with Gasteiger partial charge in [-0.15, -0.1) is 0 Å². The molecule has 0 aliphatic carbocycles. The highest BCUT2D eigenvalue weighted by Gasteiger charge is 2.38. The summed E-state index contributed by atoms with van der Waals surface area (Å²) in [6.07, 6.45) is 0. The second-order valence-corrected chi connectivity index (χ2v) is 5.11. The minimum Gasteiger partial charge on any atom is -0.484 e. The number of benzene rings is 1. The first kappa shape index (κ1) is 15.3. The van der Waals surface area contributed by atoms with E-state index in [0.717, 1.165) is 5.56 Å². The molecule has 6 nitrogen and oxygen atoms in total. The van der Waals surface area contributed by atoms with Crippen molar-refractivity contribution >= 4 is 11.9 Å². The summed E-state index contributed by atoms with van der Waals surface area (Å²) in [6, 6.07) is 6.97. The largest absolute Gasteiger partial charge is 0.484 e. The quantitative estimate of drug-likeness (QED) is 0.874. The average Bonchev–Trinajstić information content (AvgIpc) is 2.95. The van der Waals surface area contributed by atoms with Gasteiger partial charge in [-0.25, -0.2) is 0 Å². The third kappa shape index (κ3) is 3.52. The molecule has 1 aliphatic heterocycles. The van der Waals surface area contributed by atoms with Gasteiger partial charge < -0.3 is 19.5 Å². The molecule has 0 bridgehead atoms. The van der Waals surface area contributed by atoms with Gasteiger partial charge in [0.1, 0.15) is 11.7 Å². The predicted octanol–water partition coefficient (Wildman–Crippen LogP) is 0.932. The molecule has 0 spiro atoms. The number of carboxylic acids is 1. The van der Waals surface area contributed by atoms with Gasteiger partial charge >= 0.3 is 5.97 Å². The molecule has 114 valence electrons. The molecule has 0 radical (unpaired) electrons. The third-order valence-corrected chi connectivity index (χ3v) is 3.70. The normalized spacial score (nSPS) is 21.0. The average molecular weight is 293 g/mol. The van der Waals surface area contributed by atoms with Crippen molar-refractivity contribution < 1.29 is 24.2 Å². The Morgan fingerprint density at radius 1 is 1.38 bits per heavy atom. The number of carbonyl (C=O) groups excluding carboxylic acids is 1. The molecule has 2 unspecified atom stereocenters. The van der Waals surface area contributed by atoms with Crippen molar-refractivity contribution in [1.82, 2.24) is 4.90 Å². The molecule has 2 atom stereocenters. The van der Waals surface area contributed by atoms with E-state index in [9.17, 15) is 9.59 Å². The van der Waals surface area contributed by atoms with Crippen molar-refractivity contribution in [3.05, 3.63) is 29.8 Å². The van der Waals surface area contributed by atoms with Gasteiger partial charge in [0.2, 0.25) is 0 Å². The van der Waals surface area contributed by atoms with Crippen LogP contribution in [0.25, 0.3) is 0 Å². The van der Waals surface area contributed by atoms with Crippen LogP contribution in [-0.4, -0.2) is 54.8 Å². The third-order valence-electron chi connectivity index (χ3n) is 3.70. The van der Waals surface area contributed by atoms with E-state index in [2.05, 4.69) is 0 Å². The lowest BCUT2D eigenvalue weighted by Gasteiger charge is -2.26. The van der Waals surface area contributed by atoms with Gasteiger partial charge in [0, 0.05) is 7.05 Å². The number of aliphatic carboxylic acids is 1. The number of rotatable bonds is 5. The Bertz CT molecular complexity index is 531. The zero-order chi connectivity index (χ0) is 15.4. The zero-order valence-electron chi connectivity index (χ0n) is 12.1. The van der Waals surface area contributed by atoms with Crippen LogP contribution in [0, 0.1) is 12.8 Å². The molecule has 0 saturated carbocycles. The summed E-state index contributed by atoms with van der Waals surface area (Å²) >= 11 is 0. The Balaban J connectivity index is 1.94. The van der Waals surface area contributed by atoms with Crippen LogP contribution >= 0.6 is 0 Å². The van der Waals surface area contributed by atoms with E-state index in [1.807, 2.05) is 25.1 Å². The lowest BCUT2D eigenvalue weighted by atomic mass is 10.0. The molecule has 21 heavy (non-hydrogen) atoms. The zero-order valence-corrected chi connectivity index (χ0v) is 12.1. The Labute approximate surface area is 123 Å².